The van der Waals surface area contributed by atoms with Gasteiger partial charge in [0.1, 0.15) is 11.9 Å². The standard InChI is InChI=1S/C26H31FN4O3S/c1-34-20-4-6-24-22(16-20)21(7-11-28-24)23(27)5-3-18-8-12-31(17-19(18)15-25(32)33)13-14-35-26-29-9-2-10-30-26/h2,4,6-7,9-11,16,18-19,23H,3,5,8,12-15,17H2,1H3,(H,32,33)/t18-,19+,23-/m1/s1. The molecule has 9 heteroatoms. The summed E-state index contributed by atoms with van der Waals surface area (Å²) in [5, 5.41) is 11.0. The number of nitrogens with zero attached hydrogens (tertiary/aromatic N) is 4. The monoisotopic (exact) mass is 498 g/mol. The third kappa shape index (κ3) is 6.89. The molecule has 0 amide bonds. The van der Waals surface area contributed by atoms with E-state index in [4.69, 9.17) is 4.74 Å². The van der Waals surface area contributed by atoms with Crippen molar-refractivity contribution in [2.45, 2.75) is 37.0 Å². The molecule has 3 atom stereocenters. The van der Waals surface area contributed by atoms with Crippen LogP contribution in [0.3, 0.4) is 0 Å². The van der Waals surface area contributed by atoms with E-state index in [1.54, 1.807) is 49.6 Å². The number of methoxy groups -OCH3 is 1. The minimum atomic E-state index is -1.14. The first-order valence-electron chi connectivity index (χ1n) is 11.9. The van der Waals surface area contributed by atoms with E-state index < -0.39 is 12.1 Å². The third-order valence-electron chi connectivity index (χ3n) is 6.70. The van der Waals surface area contributed by atoms with Crippen LogP contribution in [0.4, 0.5) is 4.39 Å². The Balaban J connectivity index is 1.35. The van der Waals surface area contributed by atoms with Crippen molar-refractivity contribution in [3.63, 3.8) is 0 Å². The number of alkyl halides is 1. The van der Waals surface area contributed by atoms with Gasteiger partial charge in [0.2, 0.25) is 0 Å². The van der Waals surface area contributed by atoms with Crippen LogP contribution >= 0.6 is 11.8 Å². The number of carbonyl (C=O) groups is 1. The van der Waals surface area contributed by atoms with Gasteiger partial charge in [0.15, 0.2) is 5.16 Å². The summed E-state index contributed by atoms with van der Waals surface area (Å²) in [7, 11) is 1.59. The van der Waals surface area contributed by atoms with Gasteiger partial charge >= 0.3 is 5.97 Å². The molecule has 186 valence electrons. The lowest BCUT2D eigenvalue weighted by atomic mass is 9.79. The van der Waals surface area contributed by atoms with Crippen LogP contribution in [0.2, 0.25) is 0 Å². The van der Waals surface area contributed by atoms with Crippen molar-refractivity contribution < 1.29 is 19.0 Å². The Kier molecular flexibility index (Phi) is 8.87. The van der Waals surface area contributed by atoms with E-state index in [-0.39, 0.29) is 18.3 Å². The van der Waals surface area contributed by atoms with Gasteiger partial charge in [-0.1, -0.05) is 11.8 Å². The molecule has 0 aliphatic carbocycles. The van der Waals surface area contributed by atoms with Gasteiger partial charge in [-0.25, -0.2) is 14.4 Å². The molecule has 7 nitrogen and oxygen atoms in total. The zero-order valence-corrected chi connectivity index (χ0v) is 20.7. The van der Waals surface area contributed by atoms with E-state index in [2.05, 4.69) is 19.9 Å². The normalized spacial score (nSPS) is 19.5. The van der Waals surface area contributed by atoms with Crippen molar-refractivity contribution in [3.8, 4) is 5.75 Å². The lowest BCUT2D eigenvalue weighted by molar-refractivity contribution is -0.139. The Bertz CT molecular complexity index is 1120. The van der Waals surface area contributed by atoms with Crippen LogP contribution in [0.1, 0.15) is 37.4 Å². The molecule has 1 aromatic carbocycles. The van der Waals surface area contributed by atoms with Gasteiger partial charge in [0.05, 0.1) is 12.6 Å². The van der Waals surface area contributed by atoms with Crippen molar-refractivity contribution in [1.82, 2.24) is 19.9 Å². The third-order valence-corrected chi connectivity index (χ3v) is 7.56. The number of fused-ring (bicyclic) bond motifs is 1. The summed E-state index contributed by atoms with van der Waals surface area (Å²) in [5.74, 6) is 0.927. The van der Waals surface area contributed by atoms with Crippen LogP contribution in [0.25, 0.3) is 10.9 Å². The molecule has 0 unspecified atom stereocenters. The van der Waals surface area contributed by atoms with E-state index in [9.17, 15) is 9.90 Å². The van der Waals surface area contributed by atoms with E-state index >= 15 is 4.39 Å². The van der Waals surface area contributed by atoms with Crippen LogP contribution in [0.5, 0.6) is 5.75 Å². The SMILES string of the molecule is COc1ccc2nccc([C@H](F)CC[C@@H]3CCN(CCSc4ncccn4)C[C@@H]3CC(=O)O)c2c1. The molecular weight excluding hydrogens is 467 g/mol. The molecule has 0 bridgehead atoms. The second-order valence-electron chi connectivity index (χ2n) is 8.92. The molecule has 3 aromatic rings. The highest BCUT2D eigenvalue weighted by Gasteiger charge is 2.31. The molecule has 0 spiro atoms. The number of rotatable bonds is 11. The van der Waals surface area contributed by atoms with Gasteiger partial charge in [-0.15, -0.1) is 0 Å². The molecule has 3 heterocycles. The minimum Gasteiger partial charge on any atom is -0.497 e. The molecule has 35 heavy (non-hydrogen) atoms. The van der Waals surface area contributed by atoms with E-state index in [1.807, 2.05) is 18.2 Å². The lowest BCUT2D eigenvalue weighted by Gasteiger charge is -2.38. The lowest BCUT2D eigenvalue weighted by Crippen LogP contribution is -2.42. The number of aliphatic carboxylic acids is 1. The summed E-state index contributed by atoms with van der Waals surface area (Å²) >= 11 is 1.60. The second kappa shape index (κ2) is 12.3. The second-order valence-corrected chi connectivity index (χ2v) is 9.98. The number of thioether (sulfide) groups is 1. The summed E-state index contributed by atoms with van der Waals surface area (Å²) in [5.41, 5.74) is 1.35. The smallest absolute Gasteiger partial charge is 0.303 e. The van der Waals surface area contributed by atoms with Crippen LogP contribution in [0.15, 0.2) is 54.1 Å². The zero-order valence-electron chi connectivity index (χ0n) is 19.8. The van der Waals surface area contributed by atoms with Crippen molar-refractivity contribution in [3.05, 3.63) is 54.5 Å². The van der Waals surface area contributed by atoms with E-state index in [0.29, 0.717) is 24.2 Å². The highest BCUT2D eigenvalue weighted by molar-refractivity contribution is 7.99. The fraction of sp³-hybridized carbons (Fsp3) is 0.462. The molecule has 1 fully saturated rings. The number of hydrogen-bond donors (Lipinski definition) is 1. The molecule has 1 aliphatic rings. The Morgan fingerprint density at radius 2 is 2.06 bits per heavy atom. The van der Waals surface area contributed by atoms with Crippen molar-refractivity contribution in [2.75, 3.05) is 32.5 Å². The number of carboxylic acids is 1. The average molecular weight is 499 g/mol. The number of aromatic nitrogens is 3. The zero-order chi connectivity index (χ0) is 24.6. The van der Waals surface area contributed by atoms with Gasteiger partial charge in [0.25, 0.3) is 0 Å². The molecule has 2 aromatic heterocycles. The molecule has 4 rings (SSSR count). The first-order valence-corrected chi connectivity index (χ1v) is 12.9. The number of likely N-dealkylation sites (tertiary alicyclic amines) is 1. The number of piperidine rings is 1. The molecule has 1 saturated heterocycles. The minimum absolute atomic E-state index is 0.0145. The molecule has 0 radical (unpaired) electrons. The summed E-state index contributed by atoms with van der Waals surface area (Å²) in [6.07, 6.45) is 5.97. The summed E-state index contributed by atoms with van der Waals surface area (Å²) in [4.78, 5) is 26.7. The predicted molar refractivity (Wildman–Crippen MR) is 134 cm³/mol. The molecular formula is C26H31FN4O3S. The van der Waals surface area contributed by atoms with Crippen molar-refractivity contribution in [1.29, 1.82) is 0 Å². The Morgan fingerprint density at radius 3 is 2.83 bits per heavy atom. The topological polar surface area (TPSA) is 88.4 Å². The fourth-order valence-corrected chi connectivity index (χ4v) is 5.69. The number of pyridine rings is 1. The summed E-state index contributed by atoms with van der Waals surface area (Å²) in [6, 6.07) is 9.01. The Labute approximate surface area is 209 Å². The predicted octanol–water partition coefficient (Wildman–Crippen LogP) is 5.03. The largest absolute Gasteiger partial charge is 0.497 e. The van der Waals surface area contributed by atoms with Crippen LogP contribution in [-0.4, -0.2) is 63.4 Å². The number of benzene rings is 1. The number of ether oxygens (including phenoxy) is 1. The van der Waals surface area contributed by atoms with Gasteiger partial charge < -0.3 is 14.7 Å². The van der Waals surface area contributed by atoms with Gasteiger partial charge in [-0.2, -0.15) is 0 Å². The maximum absolute atomic E-state index is 15.4. The first kappa shape index (κ1) is 25.3. The van der Waals surface area contributed by atoms with Gasteiger partial charge in [-0.05, 0) is 73.5 Å². The highest BCUT2D eigenvalue weighted by Crippen LogP contribution is 2.36. The maximum Gasteiger partial charge on any atom is 0.303 e. The first-order chi connectivity index (χ1) is 17.0. The van der Waals surface area contributed by atoms with Gasteiger partial charge in [0, 0.05) is 49.2 Å². The van der Waals surface area contributed by atoms with Crippen molar-refractivity contribution >= 4 is 28.6 Å². The number of carboxylic acid groups (broad SMARTS) is 1. The maximum atomic E-state index is 15.4. The van der Waals surface area contributed by atoms with Crippen LogP contribution < -0.4 is 4.74 Å². The Morgan fingerprint density at radius 1 is 1.23 bits per heavy atom. The van der Waals surface area contributed by atoms with Gasteiger partial charge in [-0.3, -0.25) is 9.78 Å². The molecule has 0 saturated carbocycles. The van der Waals surface area contributed by atoms with Crippen molar-refractivity contribution in [2.24, 2.45) is 11.8 Å². The summed E-state index contributed by atoms with van der Waals surface area (Å²) < 4.78 is 20.7. The van der Waals surface area contributed by atoms with Crippen LogP contribution in [0, 0.1) is 11.8 Å². The average Bonchev–Trinajstić information content (AvgIpc) is 2.87. The summed E-state index contributed by atoms with van der Waals surface area (Å²) in [6.45, 7) is 2.46. The van der Waals surface area contributed by atoms with E-state index in [1.165, 1.54) is 0 Å². The quantitative estimate of drug-likeness (QED) is 0.291. The Hall–Kier alpha value is -2.78. The van der Waals surface area contributed by atoms with Crippen LogP contribution in [-0.2, 0) is 4.79 Å². The molecule has 1 aliphatic heterocycles. The fourth-order valence-electron chi connectivity index (χ4n) is 4.88. The highest BCUT2D eigenvalue weighted by atomic mass is 32.2. The number of halogens is 1. The van der Waals surface area contributed by atoms with E-state index in [0.717, 1.165) is 47.9 Å². The molecule has 1 N–H and O–H groups in total. The number of hydrogen-bond acceptors (Lipinski definition) is 7.